The average molecular weight is 148 g/mol. The Bertz CT molecular complexity index is 81.5. The van der Waals surface area contributed by atoms with Gasteiger partial charge < -0.3 is 4.84 Å². The van der Waals surface area contributed by atoms with Gasteiger partial charge in [-0.3, -0.25) is 0 Å². The smallest absolute Gasteiger partial charge is 0.307 e. The predicted octanol–water partition coefficient (Wildman–Crippen LogP) is 0.902. The van der Waals surface area contributed by atoms with Gasteiger partial charge in [0.2, 0.25) is 0 Å². The molecule has 0 aromatic carbocycles. The van der Waals surface area contributed by atoms with E-state index in [2.05, 4.69) is 17.2 Å². The van der Waals surface area contributed by atoms with Crippen molar-refractivity contribution in [2.75, 3.05) is 6.54 Å². The fourth-order valence-corrected chi connectivity index (χ4v) is 0.332. The summed E-state index contributed by atoms with van der Waals surface area (Å²) in [5, 5.41) is 7.83. The first-order valence-electron chi connectivity index (χ1n) is 2.69. The zero-order valence-corrected chi connectivity index (χ0v) is 6.48. The van der Waals surface area contributed by atoms with Crippen molar-refractivity contribution in [3.63, 3.8) is 0 Å². The Kier molecular flexibility index (Phi) is 13.4. The summed E-state index contributed by atoms with van der Waals surface area (Å²) in [7, 11) is 0. The van der Waals surface area contributed by atoms with Crippen LogP contribution in [0.5, 0.6) is 0 Å². The Morgan fingerprint density at radius 2 is 2.33 bits per heavy atom. The molecule has 0 aliphatic rings. The molecule has 0 rings (SSSR count). The molecule has 1 N–H and O–H groups in total. The Labute approximate surface area is 62.4 Å². The van der Waals surface area contributed by atoms with E-state index in [1.807, 2.05) is 0 Å². The molecule has 9 heavy (non-hydrogen) atoms. The van der Waals surface area contributed by atoms with Crippen molar-refractivity contribution in [3.05, 3.63) is 0 Å². The summed E-state index contributed by atoms with van der Waals surface area (Å²) in [6.07, 6.45) is 3.67. The van der Waals surface area contributed by atoms with Crippen LogP contribution in [0.1, 0.15) is 19.8 Å². The van der Waals surface area contributed by atoms with Gasteiger partial charge in [0.15, 0.2) is 0 Å². The van der Waals surface area contributed by atoms with Gasteiger partial charge in [0.25, 0.3) is 0 Å². The van der Waals surface area contributed by atoms with E-state index in [9.17, 15) is 0 Å². The lowest BCUT2D eigenvalue weighted by atomic mass is 10.3. The highest BCUT2D eigenvalue weighted by molar-refractivity contribution is 7.59. The van der Waals surface area contributed by atoms with Gasteiger partial charge in [-0.2, -0.15) is 13.5 Å². The van der Waals surface area contributed by atoms with Gasteiger partial charge in [-0.25, -0.2) is 0 Å². The molecule has 0 saturated heterocycles. The van der Waals surface area contributed by atoms with Gasteiger partial charge in [0.05, 0.1) is 0 Å². The lowest BCUT2D eigenvalue weighted by Crippen LogP contribution is -2.11. The van der Waals surface area contributed by atoms with Crippen molar-refractivity contribution in [2.24, 2.45) is 0 Å². The zero-order chi connectivity index (χ0) is 6.24. The summed E-state index contributed by atoms with van der Waals surface area (Å²) in [4.78, 5) is 4.19. The largest absolute Gasteiger partial charge is 0.330 e. The maximum Gasteiger partial charge on any atom is 0.307 e. The number of hydrogen-bond acceptors (Lipinski definition) is 3. The monoisotopic (exact) mass is 148 g/mol. The Balaban J connectivity index is 0. The molecule has 0 aliphatic carbocycles. The van der Waals surface area contributed by atoms with Crippen LogP contribution < -0.4 is 5.48 Å². The summed E-state index contributed by atoms with van der Waals surface area (Å²) in [5.41, 5.74) is 2.47. The summed E-state index contributed by atoms with van der Waals surface area (Å²) in [6.45, 7) is 2.83. The number of rotatable bonds is 4. The molecule has 0 aromatic rings. The van der Waals surface area contributed by atoms with E-state index >= 15 is 0 Å². The van der Waals surface area contributed by atoms with Crippen LogP contribution in [-0.2, 0) is 4.84 Å². The van der Waals surface area contributed by atoms with Crippen LogP contribution in [0, 0.1) is 11.5 Å². The number of unbranched alkanes of at least 4 members (excludes halogenated alkanes) is 1. The molecule has 0 heterocycles. The highest BCUT2D eigenvalue weighted by Gasteiger charge is 1.80. The standard InChI is InChI=1S/C5H10N2O.H2S/c1-2-3-4-7-8-5-6;/h7H,2-4H2,1H3;1H2. The van der Waals surface area contributed by atoms with E-state index in [1.54, 1.807) is 0 Å². The molecule has 0 radical (unpaired) electrons. The number of hydrogen-bond donors (Lipinski definition) is 1. The predicted molar refractivity (Wildman–Crippen MR) is 40.0 cm³/mol. The van der Waals surface area contributed by atoms with Crippen LogP contribution >= 0.6 is 13.5 Å². The van der Waals surface area contributed by atoms with Gasteiger partial charge in [-0.15, -0.1) is 10.7 Å². The van der Waals surface area contributed by atoms with Gasteiger partial charge in [-0.05, 0) is 6.42 Å². The first-order valence-corrected chi connectivity index (χ1v) is 2.69. The number of nitrogens with one attached hydrogen (secondary N) is 1. The summed E-state index contributed by atoms with van der Waals surface area (Å²) in [5.74, 6) is 0. The average Bonchev–Trinajstić information content (AvgIpc) is 1.81. The number of hydroxylamine groups is 1. The van der Waals surface area contributed by atoms with Crippen LogP contribution in [0.25, 0.3) is 0 Å². The Morgan fingerprint density at radius 1 is 1.67 bits per heavy atom. The van der Waals surface area contributed by atoms with E-state index in [0.717, 1.165) is 19.4 Å². The zero-order valence-electron chi connectivity index (χ0n) is 5.48. The van der Waals surface area contributed by atoms with Crippen molar-refractivity contribution in [1.29, 1.82) is 5.26 Å². The van der Waals surface area contributed by atoms with Crippen molar-refractivity contribution in [1.82, 2.24) is 5.48 Å². The molecule has 0 aliphatic heterocycles. The lowest BCUT2D eigenvalue weighted by molar-refractivity contribution is 0.151. The third-order valence-corrected chi connectivity index (χ3v) is 0.750. The van der Waals surface area contributed by atoms with Crippen molar-refractivity contribution in [2.45, 2.75) is 19.8 Å². The van der Waals surface area contributed by atoms with Crippen LogP contribution in [0.15, 0.2) is 0 Å². The lowest BCUT2D eigenvalue weighted by Gasteiger charge is -1.94. The highest BCUT2D eigenvalue weighted by atomic mass is 32.1. The first kappa shape index (κ1) is 11.4. The minimum Gasteiger partial charge on any atom is -0.330 e. The number of nitriles is 1. The molecular formula is C5H12N2OS. The summed E-state index contributed by atoms with van der Waals surface area (Å²) >= 11 is 0. The van der Waals surface area contributed by atoms with Crippen LogP contribution in [0.4, 0.5) is 0 Å². The van der Waals surface area contributed by atoms with Crippen molar-refractivity contribution < 1.29 is 4.84 Å². The Hall–Kier alpha value is -0.400. The second-order valence-corrected chi connectivity index (χ2v) is 1.44. The third-order valence-electron chi connectivity index (χ3n) is 0.750. The maximum absolute atomic E-state index is 7.83. The van der Waals surface area contributed by atoms with Crippen LogP contribution in [0.3, 0.4) is 0 Å². The second kappa shape index (κ2) is 10.6. The SMILES string of the molecule is CCCCNOC#N.S. The number of nitrogens with zero attached hydrogens (tertiary/aromatic N) is 1. The molecule has 0 unspecified atom stereocenters. The minimum absolute atomic E-state index is 0. The molecule has 4 heteroatoms. The normalized spacial score (nSPS) is 7.11. The molecule has 0 fully saturated rings. The molecule has 54 valence electrons. The third kappa shape index (κ3) is 11.3. The molecular weight excluding hydrogens is 136 g/mol. The molecule has 0 saturated carbocycles. The fraction of sp³-hybridized carbons (Fsp3) is 0.800. The Morgan fingerprint density at radius 3 is 2.78 bits per heavy atom. The molecule has 0 spiro atoms. The van der Waals surface area contributed by atoms with Crippen molar-refractivity contribution in [3.8, 4) is 6.26 Å². The summed E-state index contributed by atoms with van der Waals surface area (Å²) in [6, 6.07) is 0. The fourth-order valence-electron chi connectivity index (χ4n) is 0.332. The first-order chi connectivity index (χ1) is 3.91. The molecule has 0 aromatic heterocycles. The van der Waals surface area contributed by atoms with E-state index in [1.165, 1.54) is 6.26 Å². The minimum atomic E-state index is 0. The maximum atomic E-state index is 7.83. The van der Waals surface area contributed by atoms with E-state index in [0.29, 0.717) is 0 Å². The quantitative estimate of drug-likeness (QED) is 0.366. The van der Waals surface area contributed by atoms with E-state index in [4.69, 9.17) is 5.26 Å². The molecule has 0 atom stereocenters. The van der Waals surface area contributed by atoms with Gasteiger partial charge >= 0.3 is 6.26 Å². The molecule has 0 amide bonds. The topological polar surface area (TPSA) is 45.0 Å². The van der Waals surface area contributed by atoms with E-state index < -0.39 is 0 Å². The van der Waals surface area contributed by atoms with Gasteiger partial charge in [0, 0.05) is 6.54 Å². The summed E-state index contributed by atoms with van der Waals surface area (Å²) < 4.78 is 0. The van der Waals surface area contributed by atoms with Crippen molar-refractivity contribution >= 4 is 13.5 Å². The molecule has 0 bridgehead atoms. The van der Waals surface area contributed by atoms with Crippen LogP contribution in [0.2, 0.25) is 0 Å². The van der Waals surface area contributed by atoms with E-state index in [-0.39, 0.29) is 13.5 Å². The van der Waals surface area contributed by atoms with Crippen LogP contribution in [-0.4, -0.2) is 6.54 Å². The highest BCUT2D eigenvalue weighted by Crippen LogP contribution is 1.80. The molecule has 3 nitrogen and oxygen atoms in total. The van der Waals surface area contributed by atoms with Gasteiger partial charge in [0.1, 0.15) is 0 Å². The van der Waals surface area contributed by atoms with Gasteiger partial charge in [-0.1, -0.05) is 13.3 Å². The second-order valence-electron chi connectivity index (χ2n) is 1.44.